The van der Waals surface area contributed by atoms with Crippen LogP contribution in [0.2, 0.25) is 0 Å². The lowest BCUT2D eigenvalue weighted by molar-refractivity contribution is 0.171. The SMILES string of the molecule is Cc1ccccc1CN(CCO)C(=O)NC(C)Cc1ccccn1. The maximum atomic E-state index is 12.5. The van der Waals surface area contributed by atoms with Crippen LogP contribution in [0.25, 0.3) is 0 Å². The number of aryl methyl sites for hydroxylation is 1. The number of urea groups is 1. The number of nitrogens with one attached hydrogen (secondary N) is 1. The van der Waals surface area contributed by atoms with Crippen molar-refractivity contribution in [2.75, 3.05) is 13.2 Å². The molecule has 0 spiro atoms. The summed E-state index contributed by atoms with van der Waals surface area (Å²) in [6.07, 6.45) is 2.42. The molecule has 0 aliphatic rings. The molecule has 24 heavy (non-hydrogen) atoms. The first kappa shape index (κ1) is 17.9. The predicted molar refractivity (Wildman–Crippen MR) is 94.6 cm³/mol. The van der Waals surface area contributed by atoms with E-state index in [9.17, 15) is 9.90 Å². The summed E-state index contributed by atoms with van der Waals surface area (Å²) in [5.74, 6) is 0. The van der Waals surface area contributed by atoms with Gasteiger partial charge < -0.3 is 15.3 Å². The van der Waals surface area contributed by atoms with E-state index >= 15 is 0 Å². The molecule has 0 fully saturated rings. The third-order valence-electron chi connectivity index (χ3n) is 3.89. The second-order valence-electron chi connectivity index (χ2n) is 5.95. The lowest BCUT2D eigenvalue weighted by atomic mass is 10.1. The van der Waals surface area contributed by atoms with Gasteiger partial charge in [0.05, 0.1) is 6.61 Å². The highest BCUT2D eigenvalue weighted by molar-refractivity contribution is 5.74. The maximum absolute atomic E-state index is 12.5. The van der Waals surface area contributed by atoms with Crippen molar-refractivity contribution >= 4 is 6.03 Å². The third-order valence-corrected chi connectivity index (χ3v) is 3.89. The van der Waals surface area contributed by atoms with Crippen molar-refractivity contribution in [3.8, 4) is 0 Å². The molecule has 0 radical (unpaired) electrons. The van der Waals surface area contributed by atoms with E-state index in [1.54, 1.807) is 11.1 Å². The molecule has 2 N–H and O–H groups in total. The fourth-order valence-corrected chi connectivity index (χ4v) is 2.55. The molecular weight excluding hydrogens is 302 g/mol. The van der Waals surface area contributed by atoms with Crippen LogP contribution in [-0.4, -0.2) is 40.2 Å². The molecular formula is C19H25N3O2. The summed E-state index contributed by atoms with van der Waals surface area (Å²) in [7, 11) is 0. The standard InChI is InChI=1S/C19H25N3O2/c1-15-7-3-4-8-17(15)14-22(11-12-23)19(24)21-16(2)13-18-9-5-6-10-20-18/h3-10,16,23H,11-14H2,1-2H3,(H,21,24). The summed E-state index contributed by atoms with van der Waals surface area (Å²) < 4.78 is 0. The van der Waals surface area contributed by atoms with Crippen molar-refractivity contribution in [2.45, 2.75) is 32.9 Å². The Kier molecular flexibility index (Phi) is 6.75. The maximum Gasteiger partial charge on any atom is 0.317 e. The second-order valence-corrected chi connectivity index (χ2v) is 5.95. The minimum Gasteiger partial charge on any atom is -0.395 e. The lowest BCUT2D eigenvalue weighted by Crippen LogP contribution is -2.45. The molecule has 5 nitrogen and oxygen atoms in total. The van der Waals surface area contributed by atoms with Crippen LogP contribution in [0.1, 0.15) is 23.7 Å². The molecule has 128 valence electrons. The van der Waals surface area contributed by atoms with Crippen LogP contribution in [-0.2, 0) is 13.0 Å². The third kappa shape index (κ3) is 5.35. The number of hydrogen-bond acceptors (Lipinski definition) is 3. The molecule has 2 rings (SSSR count). The number of amides is 2. The minimum absolute atomic E-state index is 0.0366. The van der Waals surface area contributed by atoms with Gasteiger partial charge in [0.1, 0.15) is 0 Å². The van der Waals surface area contributed by atoms with E-state index in [1.807, 2.05) is 56.3 Å². The van der Waals surface area contributed by atoms with E-state index in [1.165, 1.54) is 0 Å². The number of carbonyl (C=O) groups is 1. The fraction of sp³-hybridized carbons (Fsp3) is 0.368. The molecule has 0 aliphatic heterocycles. The normalized spacial score (nSPS) is 11.8. The van der Waals surface area contributed by atoms with Crippen LogP contribution in [0.4, 0.5) is 4.79 Å². The van der Waals surface area contributed by atoms with Gasteiger partial charge in [-0.15, -0.1) is 0 Å². The smallest absolute Gasteiger partial charge is 0.317 e. The van der Waals surface area contributed by atoms with E-state index in [2.05, 4.69) is 10.3 Å². The number of carbonyl (C=O) groups excluding carboxylic acids is 1. The van der Waals surface area contributed by atoms with Gasteiger partial charge in [0.15, 0.2) is 0 Å². The van der Waals surface area contributed by atoms with Crippen LogP contribution in [0.3, 0.4) is 0 Å². The topological polar surface area (TPSA) is 65.5 Å². The largest absolute Gasteiger partial charge is 0.395 e. The van der Waals surface area contributed by atoms with Crippen LogP contribution in [0, 0.1) is 6.92 Å². The number of aliphatic hydroxyl groups excluding tert-OH is 1. The first-order valence-corrected chi connectivity index (χ1v) is 8.21. The second kappa shape index (κ2) is 9.03. The predicted octanol–water partition coefficient (Wildman–Crippen LogP) is 2.53. The highest BCUT2D eigenvalue weighted by Gasteiger charge is 2.17. The van der Waals surface area contributed by atoms with Gasteiger partial charge in [-0.05, 0) is 37.1 Å². The monoisotopic (exact) mass is 327 g/mol. The van der Waals surface area contributed by atoms with E-state index in [4.69, 9.17) is 0 Å². The average Bonchev–Trinajstić information content (AvgIpc) is 2.57. The molecule has 5 heteroatoms. The molecule has 2 aromatic rings. The Hall–Kier alpha value is -2.40. The Morgan fingerprint density at radius 2 is 2.00 bits per heavy atom. The van der Waals surface area contributed by atoms with Gasteiger partial charge in [0.25, 0.3) is 0 Å². The summed E-state index contributed by atoms with van der Waals surface area (Å²) in [6.45, 7) is 4.70. The highest BCUT2D eigenvalue weighted by Crippen LogP contribution is 2.11. The Balaban J connectivity index is 1.97. The molecule has 1 aromatic carbocycles. The van der Waals surface area contributed by atoms with Gasteiger partial charge >= 0.3 is 6.03 Å². The van der Waals surface area contributed by atoms with Gasteiger partial charge in [-0.25, -0.2) is 4.79 Å². The van der Waals surface area contributed by atoms with Crippen LogP contribution in [0.15, 0.2) is 48.7 Å². The Morgan fingerprint density at radius 3 is 2.67 bits per heavy atom. The number of rotatable bonds is 7. The van der Waals surface area contributed by atoms with Crippen molar-refractivity contribution in [1.82, 2.24) is 15.2 Å². The summed E-state index contributed by atoms with van der Waals surface area (Å²) in [5.41, 5.74) is 3.16. The summed E-state index contributed by atoms with van der Waals surface area (Å²) in [5, 5.41) is 12.3. The molecule has 1 atom stereocenters. The highest BCUT2D eigenvalue weighted by atomic mass is 16.3. The first-order valence-electron chi connectivity index (χ1n) is 8.21. The van der Waals surface area contributed by atoms with E-state index in [-0.39, 0.29) is 18.7 Å². The quantitative estimate of drug-likeness (QED) is 0.821. The van der Waals surface area contributed by atoms with Gasteiger partial charge in [-0.3, -0.25) is 4.98 Å². The summed E-state index contributed by atoms with van der Waals surface area (Å²) in [6, 6.07) is 13.5. The van der Waals surface area contributed by atoms with E-state index in [0.29, 0.717) is 19.5 Å². The van der Waals surface area contributed by atoms with E-state index < -0.39 is 0 Å². The molecule has 0 bridgehead atoms. The van der Waals surface area contributed by atoms with Crippen molar-refractivity contribution in [1.29, 1.82) is 0 Å². The number of aromatic nitrogens is 1. The van der Waals surface area contributed by atoms with Crippen molar-refractivity contribution in [3.05, 3.63) is 65.5 Å². The Bertz CT molecular complexity index is 646. The number of aliphatic hydroxyl groups is 1. The molecule has 0 saturated heterocycles. The molecule has 1 aromatic heterocycles. The van der Waals surface area contributed by atoms with E-state index in [0.717, 1.165) is 16.8 Å². The zero-order valence-corrected chi connectivity index (χ0v) is 14.3. The van der Waals surface area contributed by atoms with Crippen molar-refractivity contribution < 1.29 is 9.90 Å². The Morgan fingerprint density at radius 1 is 1.25 bits per heavy atom. The van der Waals surface area contributed by atoms with Crippen molar-refractivity contribution in [3.63, 3.8) is 0 Å². The zero-order valence-electron chi connectivity index (χ0n) is 14.3. The summed E-state index contributed by atoms with van der Waals surface area (Å²) in [4.78, 5) is 18.5. The van der Waals surface area contributed by atoms with Crippen LogP contribution in [0.5, 0.6) is 0 Å². The van der Waals surface area contributed by atoms with Crippen molar-refractivity contribution in [2.24, 2.45) is 0 Å². The molecule has 0 saturated carbocycles. The number of benzene rings is 1. The molecule has 1 unspecified atom stereocenters. The van der Waals surface area contributed by atoms with Crippen LogP contribution < -0.4 is 5.32 Å². The van der Waals surface area contributed by atoms with Crippen LogP contribution >= 0.6 is 0 Å². The van der Waals surface area contributed by atoms with Gasteiger partial charge in [-0.2, -0.15) is 0 Å². The number of nitrogens with zero attached hydrogens (tertiary/aromatic N) is 2. The molecule has 0 aliphatic carbocycles. The van der Waals surface area contributed by atoms with Gasteiger partial charge in [-0.1, -0.05) is 30.3 Å². The zero-order chi connectivity index (χ0) is 17.4. The average molecular weight is 327 g/mol. The van der Waals surface area contributed by atoms with Gasteiger partial charge in [0.2, 0.25) is 0 Å². The minimum atomic E-state index is -0.171. The molecule has 2 amide bonds. The summed E-state index contributed by atoms with van der Waals surface area (Å²) >= 11 is 0. The fourth-order valence-electron chi connectivity index (χ4n) is 2.55. The van der Waals surface area contributed by atoms with Gasteiger partial charge in [0, 0.05) is 37.4 Å². The number of pyridine rings is 1. The molecule has 1 heterocycles. The lowest BCUT2D eigenvalue weighted by Gasteiger charge is -2.25. The first-order chi connectivity index (χ1) is 11.6. The Labute approximate surface area is 143 Å². The number of hydrogen-bond donors (Lipinski definition) is 2.